The predicted molar refractivity (Wildman–Crippen MR) is 86.0 cm³/mol. The highest BCUT2D eigenvalue weighted by Gasteiger charge is 2.10. The van der Waals surface area contributed by atoms with Crippen LogP contribution in [0.2, 0.25) is 5.02 Å². The Morgan fingerprint density at radius 1 is 1.24 bits per heavy atom. The third kappa shape index (κ3) is 4.13. The van der Waals surface area contributed by atoms with Crippen molar-refractivity contribution in [2.24, 2.45) is 0 Å². The van der Waals surface area contributed by atoms with Gasteiger partial charge in [-0.3, -0.25) is 4.79 Å². The number of benzene rings is 2. The third-order valence-corrected chi connectivity index (χ3v) is 2.97. The summed E-state index contributed by atoms with van der Waals surface area (Å²) in [5.41, 5.74) is 7.26. The molecule has 0 radical (unpaired) electrons. The number of anilines is 2. The summed E-state index contributed by atoms with van der Waals surface area (Å²) in [6, 6.07) is 11.9. The molecule has 0 aliphatic carbocycles. The standard InChI is InChI=1S/C16H17ClN2O2/c1-10(2)21-13-5-3-4-11(8-13)16(20)19-15-9-12(17)6-7-14(15)18/h3-10H,18H2,1-2H3,(H,19,20). The molecule has 2 aromatic carbocycles. The van der Waals surface area contributed by atoms with Crippen LogP contribution in [0.4, 0.5) is 11.4 Å². The first-order chi connectivity index (χ1) is 9.95. The molecule has 5 heteroatoms. The number of amides is 1. The third-order valence-electron chi connectivity index (χ3n) is 2.73. The fraction of sp³-hybridized carbons (Fsp3) is 0.188. The van der Waals surface area contributed by atoms with Gasteiger partial charge in [-0.2, -0.15) is 0 Å². The van der Waals surface area contributed by atoms with Gasteiger partial charge in [0.05, 0.1) is 17.5 Å². The molecule has 3 N–H and O–H groups in total. The van der Waals surface area contributed by atoms with Crippen molar-refractivity contribution in [1.29, 1.82) is 0 Å². The van der Waals surface area contributed by atoms with Gasteiger partial charge in [-0.05, 0) is 50.2 Å². The topological polar surface area (TPSA) is 64.3 Å². The number of hydrogen-bond donors (Lipinski definition) is 2. The van der Waals surface area contributed by atoms with E-state index in [0.29, 0.717) is 27.7 Å². The summed E-state index contributed by atoms with van der Waals surface area (Å²) in [5.74, 6) is 0.384. The van der Waals surface area contributed by atoms with E-state index < -0.39 is 0 Å². The van der Waals surface area contributed by atoms with E-state index in [1.807, 2.05) is 19.9 Å². The minimum Gasteiger partial charge on any atom is -0.491 e. The zero-order chi connectivity index (χ0) is 15.4. The molecule has 0 aliphatic heterocycles. The average Bonchev–Trinajstić information content (AvgIpc) is 2.42. The highest BCUT2D eigenvalue weighted by atomic mass is 35.5. The van der Waals surface area contributed by atoms with Gasteiger partial charge in [0.2, 0.25) is 0 Å². The van der Waals surface area contributed by atoms with E-state index in [0.717, 1.165) is 0 Å². The molecule has 110 valence electrons. The van der Waals surface area contributed by atoms with Crippen LogP contribution in [-0.2, 0) is 0 Å². The van der Waals surface area contributed by atoms with Crippen LogP contribution in [0.25, 0.3) is 0 Å². The van der Waals surface area contributed by atoms with E-state index in [1.165, 1.54) is 0 Å². The maximum Gasteiger partial charge on any atom is 0.255 e. The first kappa shape index (κ1) is 15.2. The molecule has 0 saturated heterocycles. The van der Waals surface area contributed by atoms with Gasteiger partial charge in [-0.1, -0.05) is 17.7 Å². The smallest absolute Gasteiger partial charge is 0.255 e. The first-order valence-corrected chi connectivity index (χ1v) is 6.96. The molecule has 0 heterocycles. The molecule has 0 aliphatic rings. The Bertz CT molecular complexity index is 656. The summed E-state index contributed by atoms with van der Waals surface area (Å²) >= 11 is 5.90. The average molecular weight is 305 g/mol. The number of nitrogens with two attached hydrogens (primary N) is 1. The summed E-state index contributed by atoms with van der Waals surface area (Å²) in [7, 11) is 0. The monoisotopic (exact) mass is 304 g/mol. The molecule has 4 nitrogen and oxygen atoms in total. The second-order valence-electron chi connectivity index (χ2n) is 4.88. The molecule has 1 amide bonds. The van der Waals surface area contributed by atoms with E-state index in [9.17, 15) is 4.79 Å². The van der Waals surface area contributed by atoms with Gasteiger partial charge in [-0.25, -0.2) is 0 Å². The summed E-state index contributed by atoms with van der Waals surface area (Å²) in [6.07, 6.45) is 0.0480. The van der Waals surface area contributed by atoms with Crippen LogP contribution in [0.3, 0.4) is 0 Å². The Labute approximate surface area is 128 Å². The molecular weight excluding hydrogens is 288 g/mol. The van der Waals surface area contributed by atoms with Crippen molar-refractivity contribution < 1.29 is 9.53 Å². The molecule has 21 heavy (non-hydrogen) atoms. The van der Waals surface area contributed by atoms with Crippen molar-refractivity contribution >= 4 is 28.9 Å². The SMILES string of the molecule is CC(C)Oc1cccc(C(=O)Nc2cc(Cl)ccc2N)c1. The van der Waals surface area contributed by atoms with Crippen molar-refractivity contribution in [1.82, 2.24) is 0 Å². The molecular formula is C16H17ClN2O2. The van der Waals surface area contributed by atoms with Gasteiger partial charge < -0.3 is 15.8 Å². The number of carbonyl (C=O) groups is 1. The van der Waals surface area contributed by atoms with E-state index in [-0.39, 0.29) is 12.0 Å². The number of ether oxygens (including phenoxy) is 1. The fourth-order valence-corrected chi connectivity index (χ4v) is 1.99. The van der Waals surface area contributed by atoms with E-state index in [4.69, 9.17) is 22.1 Å². The Morgan fingerprint density at radius 3 is 2.71 bits per heavy atom. The van der Waals surface area contributed by atoms with Crippen LogP contribution >= 0.6 is 11.6 Å². The second-order valence-corrected chi connectivity index (χ2v) is 5.32. The largest absolute Gasteiger partial charge is 0.491 e. The quantitative estimate of drug-likeness (QED) is 0.840. The minimum absolute atomic E-state index is 0.0480. The van der Waals surface area contributed by atoms with E-state index in [2.05, 4.69) is 5.32 Å². The fourth-order valence-electron chi connectivity index (χ4n) is 1.81. The predicted octanol–water partition coefficient (Wildman–Crippen LogP) is 3.96. The highest BCUT2D eigenvalue weighted by Crippen LogP contribution is 2.24. The molecule has 0 spiro atoms. The van der Waals surface area contributed by atoms with Crippen molar-refractivity contribution in [2.75, 3.05) is 11.1 Å². The van der Waals surface area contributed by atoms with Crippen LogP contribution in [0.1, 0.15) is 24.2 Å². The number of carbonyl (C=O) groups excluding carboxylic acids is 1. The van der Waals surface area contributed by atoms with E-state index >= 15 is 0 Å². The Hall–Kier alpha value is -2.20. The van der Waals surface area contributed by atoms with Crippen molar-refractivity contribution in [3.63, 3.8) is 0 Å². The lowest BCUT2D eigenvalue weighted by molar-refractivity contribution is 0.102. The number of hydrogen-bond acceptors (Lipinski definition) is 3. The lowest BCUT2D eigenvalue weighted by atomic mass is 10.2. The van der Waals surface area contributed by atoms with Gasteiger partial charge >= 0.3 is 0 Å². The van der Waals surface area contributed by atoms with Crippen molar-refractivity contribution in [2.45, 2.75) is 20.0 Å². The number of nitrogen functional groups attached to an aromatic ring is 1. The molecule has 0 aromatic heterocycles. The summed E-state index contributed by atoms with van der Waals surface area (Å²) in [4.78, 5) is 12.3. The summed E-state index contributed by atoms with van der Waals surface area (Å²) in [6.45, 7) is 3.86. The summed E-state index contributed by atoms with van der Waals surface area (Å²) in [5, 5.41) is 3.25. The second kappa shape index (κ2) is 6.50. The molecule has 0 atom stereocenters. The van der Waals surface area contributed by atoms with Crippen LogP contribution < -0.4 is 15.8 Å². The molecule has 2 rings (SSSR count). The van der Waals surface area contributed by atoms with Crippen LogP contribution in [0, 0.1) is 0 Å². The zero-order valence-corrected chi connectivity index (χ0v) is 12.6. The molecule has 0 fully saturated rings. The highest BCUT2D eigenvalue weighted by molar-refractivity contribution is 6.31. The van der Waals surface area contributed by atoms with Gasteiger partial charge in [0, 0.05) is 10.6 Å². The molecule has 0 unspecified atom stereocenters. The van der Waals surface area contributed by atoms with Crippen LogP contribution in [0.15, 0.2) is 42.5 Å². The van der Waals surface area contributed by atoms with Gasteiger partial charge in [-0.15, -0.1) is 0 Å². The van der Waals surface area contributed by atoms with Crippen molar-refractivity contribution in [3.8, 4) is 5.75 Å². The molecule has 0 saturated carbocycles. The molecule has 0 bridgehead atoms. The number of halogens is 1. The Morgan fingerprint density at radius 2 is 2.00 bits per heavy atom. The first-order valence-electron chi connectivity index (χ1n) is 6.59. The number of rotatable bonds is 4. The number of nitrogens with one attached hydrogen (secondary N) is 1. The minimum atomic E-state index is -0.266. The van der Waals surface area contributed by atoms with Crippen LogP contribution in [0.5, 0.6) is 5.75 Å². The van der Waals surface area contributed by atoms with E-state index in [1.54, 1.807) is 36.4 Å². The lowest BCUT2D eigenvalue weighted by Gasteiger charge is -2.12. The Balaban J connectivity index is 2.18. The van der Waals surface area contributed by atoms with Gasteiger partial charge in [0.15, 0.2) is 0 Å². The van der Waals surface area contributed by atoms with Gasteiger partial charge in [0.25, 0.3) is 5.91 Å². The zero-order valence-electron chi connectivity index (χ0n) is 11.9. The normalized spacial score (nSPS) is 10.5. The van der Waals surface area contributed by atoms with Gasteiger partial charge in [0.1, 0.15) is 5.75 Å². The summed E-state index contributed by atoms with van der Waals surface area (Å²) < 4.78 is 5.57. The maximum absolute atomic E-state index is 12.3. The lowest BCUT2D eigenvalue weighted by Crippen LogP contribution is -2.14. The van der Waals surface area contributed by atoms with Crippen molar-refractivity contribution in [3.05, 3.63) is 53.1 Å². The maximum atomic E-state index is 12.3. The molecule has 2 aromatic rings. The Kier molecular flexibility index (Phi) is 4.70. The van der Waals surface area contributed by atoms with Crippen LogP contribution in [-0.4, -0.2) is 12.0 Å².